The van der Waals surface area contributed by atoms with Crippen molar-refractivity contribution >= 4 is 28.3 Å². The second-order valence-electron chi connectivity index (χ2n) is 7.75. The summed E-state index contributed by atoms with van der Waals surface area (Å²) in [6, 6.07) is 6.22. The molecule has 0 radical (unpaired) electrons. The number of carboxylic acids is 1. The zero-order chi connectivity index (χ0) is 20.6. The van der Waals surface area contributed by atoms with Crippen LogP contribution >= 0.6 is 11.3 Å². The number of anilines is 1. The van der Waals surface area contributed by atoms with Gasteiger partial charge in [0.2, 0.25) is 5.91 Å². The minimum atomic E-state index is -0.918. The van der Waals surface area contributed by atoms with Gasteiger partial charge in [0.05, 0.1) is 17.5 Å². The molecule has 3 rings (SSSR count). The summed E-state index contributed by atoms with van der Waals surface area (Å²) < 4.78 is 0. The van der Waals surface area contributed by atoms with Gasteiger partial charge in [-0.1, -0.05) is 34.9 Å². The van der Waals surface area contributed by atoms with Crippen LogP contribution in [-0.4, -0.2) is 22.0 Å². The first-order valence-corrected chi connectivity index (χ1v) is 10.2. The fraction of sp³-hybridized carbons (Fsp3) is 0.409. The molecule has 1 aromatic heterocycles. The summed E-state index contributed by atoms with van der Waals surface area (Å²) in [7, 11) is 0. The number of carbonyl (C=O) groups is 2. The number of benzene rings is 1. The quantitative estimate of drug-likeness (QED) is 0.701. The number of aliphatic carboxylic acids is 1. The Morgan fingerprint density at radius 3 is 2.32 bits per heavy atom. The summed E-state index contributed by atoms with van der Waals surface area (Å²) in [6.07, 6.45) is 0.896. The highest BCUT2D eigenvalue weighted by Gasteiger charge is 2.37. The number of carbonyl (C=O) groups excluding carboxylic acids is 1. The molecular formula is C22H26N2O3S. The zero-order valence-electron chi connectivity index (χ0n) is 16.9. The summed E-state index contributed by atoms with van der Waals surface area (Å²) in [4.78, 5) is 30.2. The lowest BCUT2D eigenvalue weighted by atomic mass is 9.76. The lowest BCUT2D eigenvalue weighted by molar-refractivity contribution is -0.146. The van der Waals surface area contributed by atoms with Crippen molar-refractivity contribution in [3.8, 4) is 11.3 Å². The van der Waals surface area contributed by atoms with E-state index in [4.69, 9.17) is 0 Å². The first kappa shape index (κ1) is 20.3. The van der Waals surface area contributed by atoms with E-state index in [1.54, 1.807) is 0 Å². The second kappa shape index (κ2) is 7.87. The van der Waals surface area contributed by atoms with Crippen molar-refractivity contribution in [3.05, 3.63) is 45.3 Å². The Hall–Kier alpha value is -2.47. The van der Waals surface area contributed by atoms with Crippen LogP contribution in [0.2, 0.25) is 0 Å². The molecule has 1 aliphatic rings. The minimum absolute atomic E-state index is 0.264. The number of amides is 1. The van der Waals surface area contributed by atoms with Crippen molar-refractivity contribution < 1.29 is 14.7 Å². The van der Waals surface area contributed by atoms with Gasteiger partial charge in [0.1, 0.15) is 0 Å². The Morgan fingerprint density at radius 2 is 1.71 bits per heavy atom. The van der Waals surface area contributed by atoms with Gasteiger partial charge in [-0.2, -0.15) is 0 Å². The molecule has 2 N–H and O–H groups in total. The average molecular weight is 399 g/mol. The Kier molecular flexibility index (Phi) is 5.70. The highest BCUT2D eigenvalue weighted by atomic mass is 32.1. The second-order valence-corrected chi connectivity index (χ2v) is 8.95. The van der Waals surface area contributed by atoms with Crippen LogP contribution in [0.3, 0.4) is 0 Å². The van der Waals surface area contributed by atoms with Crippen molar-refractivity contribution in [2.75, 3.05) is 5.32 Å². The maximum atomic E-state index is 12.9. The van der Waals surface area contributed by atoms with Crippen LogP contribution in [0.4, 0.5) is 5.13 Å². The van der Waals surface area contributed by atoms with Gasteiger partial charge in [-0.3, -0.25) is 9.59 Å². The summed E-state index contributed by atoms with van der Waals surface area (Å²) in [5.41, 5.74) is 6.42. The van der Waals surface area contributed by atoms with Crippen LogP contribution in [0.5, 0.6) is 0 Å². The van der Waals surface area contributed by atoms with Crippen molar-refractivity contribution in [1.29, 1.82) is 0 Å². The average Bonchev–Trinajstić information content (AvgIpc) is 2.96. The standard InChI is InChI=1S/C22H26N2O3S/c1-11-6-7-16(14(4)8-11)19-15(5)28-22(23-19)24-20(25)17-9-12(2)13(3)10-18(17)21(26)27/h6-8,17-18H,9-10H2,1-5H3,(H,26,27)(H,23,24,25)/t17-,18-/m0/s1. The molecule has 0 unspecified atom stereocenters. The molecular weight excluding hydrogens is 372 g/mol. The van der Waals surface area contributed by atoms with Crippen molar-refractivity contribution in [3.63, 3.8) is 0 Å². The highest BCUT2D eigenvalue weighted by molar-refractivity contribution is 7.16. The number of nitrogens with zero attached hydrogens (tertiary/aromatic N) is 1. The van der Waals surface area contributed by atoms with Gasteiger partial charge >= 0.3 is 5.97 Å². The van der Waals surface area contributed by atoms with Gasteiger partial charge in [-0.25, -0.2) is 4.98 Å². The number of thiazole rings is 1. The number of aryl methyl sites for hydroxylation is 3. The first-order chi connectivity index (χ1) is 13.2. The van der Waals surface area contributed by atoms with Crippen molar-refractivity contribution in [2.24, 2.45) is 11.8 Å². The Bertz CT molecular complexity index is 974. The molecule has 5 nitrogen and oxygen atoms in total. The van der Waals surface area contributed by atoms with E-state index in [0.717, 1.165) is 32.8 Å². The number of hydrogen-bond acceptors (Lipinski definition) is 4. The number of rotatable bonds is 4. The Morgan fingerprint density at radius 1 is 1.07 bits per heavy atom. The first-order valence-electron chi connectivity index (χ1n) is 9.41. The molecule has 1 aliphatic carbocycles. The molecule has 0 bridgehead atoms. The molecule has 0 saturated heterocycles. The number of aromatic nitrogens is 1. The van der Waals surface area contributed by atoms with E-state index in [1.807, 2.05) is 20.8 Å². The maximum absolute atomic E-state index is 12.9. The number of carboxylic acid groups (broad SMARTS) is 1. The number of nitrogens with one attached hydrogen (secondary N) is 1. The Labute approximate surface area is 169 Å². The highest BCUT2D eigenvalue weighted by Crippen LogP contribution is 2.37. The molecule has 28 heavy (non-hydrogen) atoms. The Balaban J connectivity index is 1.84. The van der Waals surface area contributed by atoms with Crippen LogP contribution in [0.1, 0.15) is 42.7 Å². The van der Waals surface area contributed by atoms with Crippen LogP contribution in [0.15, 0.2) is 29.3 Å². The van der Waals surface area contributed by atoms with Gasteiger partial charge in [0.25, 0.3) is 0 Å². The molecule has 0 spiro atoms. The molecule has 2 atom stereocenters. The van der Waals surface area contributed by atoms with E-state index in [1.165, 1.54) is 16.9 Å². The van der Waals surface area contributed by atoms with E-state index in [-0.39, 0.29) is 5.91 Å². The third kappa shape index (κ3) is 4.02. The molecule has 0 aliphatic heterocycles. The van der Waals surface area contributed by atoms with E-state index in [9.17, 15) is 14.7 Å². The predicted octanol–water partition coefficient (Wildman–Crippen LogP) is 5.12. The van der Waals surface area contributed by atoms with E-state index >= 15 is 0 Å². The van der Waals surface area contributed by atoms with Gasteiger partial charge in [0, 0.05) is 10.4 Å². The van der Waals surface area contributed by atoms with Crippen LogP contribution in [0, 0.1) is 32.6 Å². The number of hydrogen-bond donors (Lipinski definition) is 2. The molecule has 0 saturated carbocycles. The summed E-state index contributed by atoms with van der Waals surface area (Å²) in [5, 5.41) is 13.0. The SMILES string of the molecule is CC1=C(C)C[C@H](C(=O)Nc2nc(-c3ccc(C)cc3C)c(C)s2)[C@@H](C(=O)O)C1. The van der Waals surface area contributed by atoms with Crippen LogP contribution in [-0.2, 0) is 9.59 Å². The van der Waals surface area contributed by atoms with E-state index < -0.39 is 17.8 Å². The monoisotopic (exact) mass is 398 g/mol. The van der Waals surface area contributed by atoms with Gasteiger partial charge < -0.3 is 10.4 Å². The lowest BCUT2D eigenvalue weighted by Gasteiger charge is -2.29. The van der Waals surface area contributed by atoms with Crippen LogP contribution < -0.4 is 5.32 Å². The lowest BCUT2D eigenvalue weighted by Crippen LogP contribution is -2.36. The summed E-state index contributed by atoms with van der Waals surface area (Å²) in [5.74, 6) is -2.45. The largest absolute Gasteiger partial charge is 0.481 e. The molecule has 1 amide bonds. The maximum Gasteiger partial charge on any atom is 0.307 e. The normalized spacial score (nSPS) is 19.6. The minimum Gasteiger partial charge on any atom is -0.481 e. The summed E-state index contributed by atoms with van der Waals surface area (Å²) >= 11 is 1.42. The van der Waals surface area contributed by atoms with Gasteiger partial charge in [0.15, 0.2) is 5.13 Å². The smallest absolute Gasteiger partial charge is 0.307 e. The van der Waals surface area contributed by atoms with Gasteiger partial charge in [-0.05, 0) is 53.0 Å². The molecule has 1 heterocycles. The van der Waals surface area contributed by atoms with E-state index in [0.29, 0.717) is 18.0 Å². The van der Waals surface area contributed by atoms with E-state index in [2.05, 4.69) is 42.3 Å². The molecule has 148 valence electrons. The number of allylic oxidation sites excluding steroid dienone is 2. The fourth-order valence-electron chi connectivity index (χ4n) is 3.80. The van der Waals surface area contributed by atoms with Crippen LogP contribution in [0.25, 0.3) is 11.3 Å². The summed E-state index contributed by atoms with van der Waals surface area (Å²) in [6.45, 7) is 10.0. The molecule has 0 fully saturated rings. The van der Waals surface area contributed by atoms with Crippen molar-refractivity contribution in [2.45, 2.75) is 47.5 Å². The van der Waals surface area contributed by atoms with Crippen molar-refractivity contribution in [1.82, 2.24) is 4.98 Å². The zero-order valence-corrected chi connectivity index (χ0v) is 17.7. The fourth-order valence-corrected chi connectivity index (χ4v) is 4.64. The molecule has 2 aromatic rings. The molecule has 1 aromatic carbocycles. The predicted molar refractivity (Wildman–Crippen MR) is 113 cm³/mol. The third-order valence-corrected chi connectivity index (χ3v) is 6.47. The third-order valence-electron chi connectivity index (χ3n) is 5.58. The topological polar surface area (TPSA) is 79.3 Å². The molecule has 6 heteroatoms. The van der Waals surface area contributed by atoms with Gasteiger partial charge in [-0.15, -0.1) is 11.3 Å².